The van der Waals surface area contributed by atoms with Crippen molar-refractivity contribution in [3.8, 4) is 0 Å². The van der Waals surface area contributed by atoms with Gasteiger partial charge in [0, 0.05) is 19.1 Å². The SMILES string of the molecule is O=C(NCc1ccccc1)[C@@H]1CN2CC[C@@H]1C[C@@H]2Cn1cc(C2(O)CCCC2)nn1. The van der Waals surface area contributed by atoms with Gasteiger partial charge in [0.25, 0.3) is 0 Å². The maximum atomic E-state index is 12.8. The zero-order chi connectivity index (χ0) is 20.6. The summed E-state index contributed by atoms with van der Waals surface area (Å²) in [4.78, 5) is 15.3. The van der Waals surface area contributed by atoms with Crippen LogP contribution in [-0.4, -0.2) is 50.0 Å². The smallest absolute Gasteiger partial charge is 0.224 e. The van der Waals surface area contributed by atoms with Crippen molar-refractivity contribution in [2.45, 2.75) is 63.3 Å². The fraction of sp³-hybridized carbons (Fsp3) is 0.609. The lowest BCUT2D eigenvalue weighted by molar-refractivity contribution is -0.133. The minimum atomic E-state index is -0.786. The second-order valence-corrected chi connectivity index (χ2v) is 9.31. The summed E-state index contributed by atoms with van der Waals surface area (Å²) in [6.45, 7) is 3.24. The number of fused-ring (bicyclic) bond motifs is 3. The van der Waals surface area contributed by atoms with Gasteiger partial charge in [-0.3, -0.25) is 14.4 Å². The highest BCUT2D eigenvalue weighted by Gasteiger charge is 2.43. The third kappa shape index (κ3) is 3.88. The molecule has 2 aromatic rings. The van der Waals surface area contributed by atoms with E-state index in [2.05, 4.69) is 20.5 Å². The fourth-order valence-electron chi connectivity index (χ4n) is 5.57. The number of benzene rings is 1. The molecule has 1 aliphatic carbocycles. The number of rotatable bonds is 6. The van der Waals surface area contributed by atoms with Crippen LogP contribution < -0.4 is 5.32 Å². The maximum absolute atomic E-state index is 12.8. The van der Waals surface area contributed by atoms with E-state index < -0.39 is 5.60 Å². The molecule has 1 amide bonds. The standard InChI is InChI=1S/C23H31N5O2/c29-22(24-13-17-6-2-1-3-7-17)20-15-27-11-8-18(20)12-19(27)14-28-16-21(25-26-28)23(30)9-4-5-10-23/h1-3,6-7,16,18-20,30H,4-5,8-15H2,(H,24,29)/t18-,19-,20-/m1/s1. The second kappa shape index (κ2) is 8.12. The van der Waals surface area contributed by atoms with Gasteiger partial charge in [0.2, 0.25) is 5.91 Å². The molecule has 1 aromatic carbocycles. The zero-order valence-corrected chi connectivity index (χ0v) is 17.4. The zero-order valence-electron chi connectivity index (χ0n) is 17.4. The molecular formula is C23H31N5O2. The third-order valence-electron chi connectivity index (χ3n) is 7.37. The van der Waals surface area contributed by atoms with E-state index in [1.54, 1.807) is 0 Å². The van der Waals surface area contributed by atoms with Crippen LogP contribution in [0.1, 0.15) is 49.8 Å². The largest absolute Gasteiger partial charge is 0.383 e. The highest BCUT2D eigenvalue weighted by atomic mass is 16.3. The number of aromatic nitrogens is 3. The van der Waals surface area contributed by atoms with E-state index in [1.165, 1.54) is 0 Å². The number of amides is 1. The summed E-state index contributed by atoms with van der Waals surface area (Å²) >= 11 is 0. The van der Waals surface area contributed by atoms with Crippen molar-refractivity contribution in [3.05, 3.63) is 47.8 Å². The van der Waals surface area contributed by atoms with Crippen LogP contribution in [0.4, 0.5) is 0 Å². The molecule has 2 N–H and O–H groups in total. The molecule has 160 valence electrons. The number of nitrogens with zero attached hydrogens (tertiary/aromatic N) is 4. The molecule has 7 heteroatoms. The van der Waals surface area contributed by atoms with Crippen LogP contribution in [0.5, 0.6) is 0 Å². The van der Waals surface area contributed by atoms with Crippen LogP contribution in [0.3, 0.4) is 0 Å². The summed E-state index contributed by atoms with van der Waals surface area (Å²) in [6.07, 6.45) is 7.69. The topological polar surface area (TPSA) is 83.3 Å². The monoisotopic (exact) mass is 409 g/mol. The van der Waals surface area contributed by atoms with E-state index in [4.69, 9.17) is 0 Å². The number of carbonyl (C=O) groups excluding carboxylic acids is 1. The van der Waals surface area contributed by atoms with Gasteiger partial charge in [-0.2, -0.15) is 0 Å². The Hall–Kier alpha value is -2.25. The maximum Gasteiger partial charge on any atom is 0.224 e. The number of piperidine rings is 3. The van der Waals surface area contributed by atoms with Gasteiger partial charge in [0.05, 0.1) is 18.7 Å². The molecule has 7 nitrogen and oxygen atoms in total. The Morgan fingerprint density at radius 2 is 2.03 bits per heavy atom. The quantitative estimate of drug-likeness (QED) is 0.763. The summed E-state index contributed by atoms with van der Waals surface area (Å²) in [5.74, 6) is 0.681. The first-order chi connectivity index (χ1) is 14.6. The van der Waals surface area contributed by atoms with Gasteiger partial charge in [-0.25, -0.2) is 0 Å². The van der Waals surface area contributed by atoms with Gasteiger partial charge in [-0.1, -0.05) is 48.4 Å². The average molecular weight is 410 g/mol. The first-order valence-electron chi connectivity index (χ1n) is 11.3. The highest BCUT2D eigenvalue weighted by molar-refractivity contribution is 5.79. The van der Waals surface area contributed by atoms with Crippen LogP contribution in [0.15, 0.2) is 36.5 Å². The molecule has 6 rings (SSSR count). The van der Waals surface area contributed by atoms with Crippen LogP contribution in [0.25, 0.3) is 0 Å². The van der Waals surface area contributed by atoms with Gasteiger partial charge in [0.15, 0.2) is 0 Å². The summed E-state index contributed by atoms with van der Waals surface area (Å²) < 4.78 is 1.89. The molecule has 3 saturated heterocycles. The number of nitrogens with one attached hydrogen (secondary N) is 1. The van der Waals surface area contributed by atoms with Crippen molar-refractivity contribution in [2.24, 2.45) is 11.8 Å². The molecule has 30 heavy (non-hydrogen) atoms. The Labute approximate surface area is 177 Å². The molecule has 2 bridgehead atoms. The Balaban J connectivity index is 1.18. The van der Waals surface area contributed by atoms with Gasteiger partial charge in [-0.15, -0.1) is 5.10 Å². The van der Waals surface area contributed by atoms with Crippen molar-refractivity contribution >= 4 is 5.91 Å². The van der Waals surface area contributed by atoms with Crippen molar-refractivity contribution in [1.29, 1.82) is 0 Å². The fourth-order valence-corrected chi connectivity index (χ4v) is 5.57. The molecule has 3 aliphatic heterocycles. The summed E-state index contributed by atoms with van der Waals surface area (Å²) in [6, 6.07) is 10.5. The van der Waals surface area contributed by atoms with E-state index in [9.17, 15) is 9.90 Å². The molecule has 4 aliphatic rings. The van der Waals surface area contributed by atoms with Crippen LogP contribution in [0.2, 0.25) is 0 Å². The number of aliphatic hydroxyl groups is 1. The molecule has 0 radical (unpaired) electrons. The van der Waals surface area contributed by atoms with Crippen LogP contribution >= 0.6 is 0 Å². The van der Waals surface area contributed by atoms with E-state index in [1.807, 2.05) is 41.2 Å². The molecule has 1 aromatic heterocycles. The lowest BCUT2D eigenvalue weighted by Gasteiger charge is -2.49. The Morgan fingerprint density at radius 3 is 2.77 bits per heavy atom. The molecule has 4 heterocycles. The minimum absolute atomic E-state index is 0.0734. The molecule has 4 fully saturated rings. The number of hydrogen-bond donors (Lipinski definition) is 2. The average Bonchev–Trinajstić information content (AvgIpc) is 3.43. The normalized spacial score (nSPS) is 29.8. The molecule has 0 spiro atoms. The van der Waals surface area contributed by atoms with Gasteiger partial charge in [-0.05, 0) is 43.7 Å². The highest BCUT2D eigenvalue weighted by Crippen LogP contribution is 2.38. The van der Waals surface area contributed by atoms with E-state index in [-0.39, 0.29) is 11.8 Å². The van der Waals surface area contributed by atoms with Crippen molar-refractivity contribution in [2.75, 3.05) is 13.1 Å². The minimum Gasteiger partial charge on any atom is -0.383 e. The lowest BCUT2D eigenvalue weighted by Crippen LogP contribution is -2.58. The number of hydrogen-bond acceptors (Lipinski definition) is 5. The van der Waals surface area contributed by atoms with Crippen molar-refractivity contribution < 1.29 is 9.90 Å². The Bertz CT molecular complexity index is 877. The first kappa shape index (κ1) is 19.7. The van der Waals surface area contributed by atoms with Crippen molar-refractivity contribution in [1.82, 2.24) is 25.2 Å². The Kier molecular flexibility index (Phi) is 5.33. The third-order valence-corrected chi connectivity index (χ3v) is 7.37. The van der Waals surface area contributed by atoms with E-state index in [0.29, 0.717) is 24.2 Å². The summed E-state index contributed by atoms with van der Waals surface area (Å²) in [5, 5.41) is 22.5. The first-order valence-corrected chi connectivity index (χ1v) is 11.3. The summed E-state index contributed by atoms with van der Waals surface area (Å²) in [7, 11) is 0. The Morgan fingerprint density at radius 1 is 1.23 bits per heavy atom. The molecule has 1 unspecified atom stereocenters. The predicted octanol–water partition coefficient (Wildman–Crippen LogP) is 2.07. The lowest BCUT2D eigenvalue weighted by atomic mass is 9.75. The van der Waals surface area contributed by atoms with Gasteiger partial charge >= 0.3 is 0 Å². The van der Waals surface area contributed by atoms with Gasteiger partial charge < -0.3 is 10.4 Å². The van der Waals surface area contributed by atoms with Crippen LogP contribution in [0, 0.1) is 11.8 Å². The van der Waals surface area contributed by atoms with E-state index in [0.717, 1.165) is 63.7 Å². The second-order valence-electron chi connectivity index (χ2n) is 9.31. The summed E-state index contributed by atoms with van der Waals surface area (Å²) in [5.41, 5.74) is 1.07. The van der Waals surface area contributed by atoms with Crippen LogP contribution in [-0.2, 0) is 23.5 Å². The molecule has 4 atom stereocenters. The molecular weight excluding hydrogens is 378 g/mol. The van der Waals surface area contributed by atoms with Crippen molar-refractivity contribution in [3.63, 3.8) is 0 Å². The molecule has 1 saturated carbocycles. The number of carbonyl (C=O) groups is 1. The predicted molar refractivity (Wildman–Crippen MR) is 112 cm³/mol. The van der Waals surface area contributed by atoms with Gasteiger partial charge in [0.1, 0.15) is 11.3 Å². The van der Waals surface area contributed by atoms with E-state index >= 15 is 0 Å².